The zero-order chi connectivity index (χ0) is 18.5. The molecule has 1 aromatic heterocycles. The lowest BCUT2D eigenvalue weighted by Gasteiger charge is -2.34. The lowest BCUT2D eigenvalue weighted by atomic mass is 10.2. The second kappa shape index (κ2) is 8.27. The first-order valence-electron chi connectivity index (χ1n) is 9.10. The summed E-state index contributed by atoms with van der Waals surface area (Å²) in [6, 6.07) is 10.0. The number of carbonyl (C=O) groups is 1. The van der Waals surface area contributed by atoms with Crippen molar-refractivity contribution < 1.29 is 23.6 Å². The van der Waals surface area contributed by atoms with Crippen molar-refractivity contribution in [1.82, 2.24) is 0 Å². The normalized spacial score (nSPS) is 15.1. The highest BCUT2D eigenvalue weighted by atomic mass is 16.5. The summed E-state index contributed by atoms with van der Waals surface area (Å²) in [5.41, 5.74) is 1.68. The molecule has 0 bridgehead atoms. The van der Waals surface area contributed by atoms with Gasteiger partial charge in [-0.25, -0.2) is 4.79 Å². The van der Waals surface area contributed by atoms with Gasteiger partial charge in [0.2, 0.25) is 0 Å². The van der Waals surface area contributed by atoms with E-state index >= 15 is 0 Å². The Labute approximate surface area is 154 Å². The average molecular weight is 359 g/mol. The molecule has 0 unspecified atom stereocenters. The SMILES string of the molecule is CCOc1ccccc1N1CC[NH+](Cc2cc(C(=O)OC)c(C)o2)CC1. The van der Waals surface area contributed by atoms with Gasteiger partial charge in [0.05, 0.1) is 45.6 Å². The molecule has 2 heterocycles. The van der Waals surface area contributed by atoms with E-state index in [2.05, 4.69) is 17.0 Å². The molecule has 1 N–H and O–H groups in total. The van der Waals surface area contributed by atoms with Crippen LogP contribution in [0.2, 0.25) is 0 Å². The highest BCUT2D eigenvalue weighted by Crippen LogP contribution is 2.27. The van der Waals surface area contributed by atoms with Crippen molar-refractivity contribution in [1.29, 1.82) is 0 Å². The van der Waals surface area contributed by atoms with Gasteiger partial charge in [0.1, 0.15) is 23.6 Å². The molecule has 0 aliphatic carbocycles. The van der Waals surface area contributed by atoms with Crippen molar-refractivity contribution >= 4 is 11.7 Å². The van der Waals surface area contributed by atoms with Gasteiger partial charge in [-0.3, -0.25) is 0 Å². The summed E-state index contributed by atoms with van der Waals surface area (Å²) in [5.74, 6) is 2.06. The molecule has 26 heavy (non-hydrogen) atoms. The van der Waals surface area contributed by atoms with Gasteiger partial charge in [-0.2, -0.15) is 0 Å². The second-order valence-corrected chi connectivity index (χ2v) is 6.49. The van der Waals surface area contributed by atoms with Crippen LogP contribution in [0.4, 0.5) is 5.69 Å². The average Bonchev–Trinajstić information content (AvgIpc) is 3.03. The van der Waals surface area contributed by atoms with Gasteiger partial charge in [0.15, 0.2) is 5.76 Å². The fourth-order valence-corrected chi connectivity index (χ4v) is 3.43. The number of piperazine rings is 1. The molecule has 1 aliphatic heterocycles. The molecule has 1 saturated heterocycles. The zero-order valence-corrected chi connectivity index (χ0v) is 15.7. The Morgan fingerprint density at radius 1 is 1.27 bits per heavy atom. The second-order valence-electron chi connectivity index (χ2n) is 6.49. The molecule has 0 spiro atoms. The van der Waals surface area contributed by atoms with Gasteiger partial charge in [0, 0.05) is 6.07 Å². The molecule has 6 heteroatoms. The molecule has 140 valence electrons. The standard InChI is InChI=1S/C20H26N2O4/c1-4-25-19-8-6-5-7-18(19)22-11-9-21(10-12-22)14-16-13-17(15(2)26-16)20(23)24-3/h5-8,13H,4,9-12,14H2,1-3H3/p+1. The van der Waals surface area contributed by atoms with Crippen LogP contribution in [0.3, 0.4) is 0 Å². The van der Waals surface area contributed by atoms with Crippen molar-refractivity contribution in [3.63, 3.8) is 0 Å². The summed E-state index contributed by atoms with van der Waals surface area (Å²) < 4.78 is 16.3. The number of benzene rings is 1. The summed E-state index contributed by atoms with van der Waals surface area (Å²) in [4.78, 5) is 15.5. The highest BCUT2D eigenvalue weighted by Gasteiger charge is 2.24. The summed E-state index contributed by atoms with van der Waals surface area (Å²) in [6.45, 7) is 9.19. The minimum atomic E-state index is -0.343. The summed E-state index contributed by atoms with van der Waals surface area (Å²) >= 11 is 0. The number of esters is 1. The first kappa shape index (κ1) is 18.3. The van der Waals surface area contributed by atoms with Crippen molar-refractivity contribution in [2.75, 3.05) is 44.8 Å². The van der Waals surface area contributed by atoms with Crippen LogP contribution >= 0.6 is 0 Å². The third-order valence-corrected chi connectivity index (χ3v) is 4.77. The van der Waals surface area contributed by atoms with Gasteiger partial charge >= 0.3 is 5.97 Å². The largest absolute Gasteiger partial charge is 0.492 e. The van der Waals surface area contributed by atoms with Gasteiger partial charge in [-0.05, 0) is 26.0 Å². The number of furan rings is 1. The van der Waals surface area contributed by atoms with Gasteiger partial charge in [0.25, 0.3) is 0 Å². The molecule has 1 fully saturated rings. The van der Waals surface area contributed by atoms with Crippen molar-refractivity contribution in [3.8, 4) is 5.75 Å². The number of aryl methyl sites for hydroxylation is 1. The molecular weight excluding hydrogens is 332 g/mol. The third-order valence-electron chi connectivity index (χ3n) is 4.77. The van der Waals surface area contributed by atoms with E-state index in [-0.39, 0.29) is 5.97 Å². The maximum absolute atomic E-state index is 11.7. The molecule has 0 radical (unpaired) electrons. The van der Waals surface area contributed by atoms with E-state index in [9.17, 15) is 4.79 Å². The molecule has 0 saturated carbocycles. The molecule has 0 amide bonds. The van der Waals surface area contributed by atoms with E-state index in [0.717, 1.165) is 49.9 Å². The van der Waals surface area contributed by atoms with Crippen LogP contribution < -0.4 is 14.5 Å². The molecule has 1 aromatic carbocycles. The zero-order valence-electron chi connectivity index (χ0n) is 15.7. The van der Waals surface area contributed by atoms with Crippen molar-refractivity contribution in [2.45, 2.75) is 20.4 Å². The Balaban J connectivity index is 1.60. The number of nitrogens with zero attached hydrogens (tertiary/aromatic N) is 1. The number of hydrogen-bond acceptors (Lipinski definition) is 5. The summed E-state index contributed by atoms with van der Waals surface area (Å²) in [5, 5.41) is 0. The maximum atomic E-state index is 11.7. The number of anilines is 1. The number of methoxy groups -OCH3 is 1. The topological polar surface area (TPSA) is 56.4 Å². The Morgan fingerprint density at radius 3 is 2.69 bits per heavy atom. The predicted molar refractivity (Wildman–Crippen MR) is 99.0 cm³/mol. The fraction of sp³-hybridized carbons (Fsp3) is 0.450. The Kier molecular flexibility index (Phi) is 5.83. The smallest absolute Gasteiger partial charge is 0.341 e. The first-order chi connectivity index (χ1) is 12.6. The Morgan fingerprint density at radius 2 is 2.00 bits per heavy atom. The maximum Gasteiger partial charge on any atom is 0.341 e. The fourth-order valence-electron chi connectivity index (χ4n) is 3.43. The van der Waals surface area contributed by atoms with Crippen molar-refractivity contribution in [3.05, 3.63) is 47.4 Å². The van der Waals surface area contributed by atoms with E-state index < -0.39 is 0 Å². The van der Waals surface area contributed by atoms with Crippen LogP contribution in [-0.4, -0.2) is 45.9 Å². The molecule has 3 rings (SSSR count). The molecular formula is C20H27N2O4+. The summed E-state index contributed by atoms with van der Waals surface area (Å²) in [6.07, 6.45) is 0. The summed E-state index contributed by atoms with van der Waals surface area (Å²) in [7, 11) is 1.39. The van der Waals surface area contributed by atoms with E-state index in [1.165, 1.54) is 12.0 Å². The minimum Gasteiger partial charge on any atom is -0.492 e. The molecule has 1 aliphatic rings. The number of ether oxygens (including phenoxy) is 2. The Hall–Kier alpha value is -2.47. The number of nitrogens with one attached hydrogen (secondary N) is 1. The number of carbonyl (C=O) groups excluding carboxylic acids is 1. The monoisotopic (exact) mass is 359 g/mol. The molecule has 2 aromatic rings. The van der Waals surface area contributed by atoms with Crippen LogP contribution in [-0.2, 0) is 11.3 Å². The van der Waals surface area contributed by atoms with Crippen LogP contribution in [0.15, 0.2) is 34.7 Å². The molecule has 0 atom stereocenters. The predicted octanol–water partition coefficient (Wildman–Crippen LogP) is 1.68. The van der Waals surface area contributed by atoms with E-state index in [1.54, 1.807) is 6.92 Å². The Bertz CT molecular complexity index is 748. The molecule has 6 nitrogen and oxygen atoms in total. The number of quaternary nitrogens is 1. The minimum absolute atomic E-state index is 0.343. The lowest BCUT2D eigenvalue weighted by molar-refractivity contribution is -0.915. The van der Waals surface area contributed by atoms with Crippen LogP contribution in [0.1, 0.15) is 28.8 Å². The van der Waals surface area contributed by atoms with Crippen molar-refractivity contribution in [2.24, 2.45) is 0 Å². The first-order valence-corrected chi connectivity index (χ1v) is 9.10. The number of para-hydroxylation sites is 2. The lowest BCUT2D eigenvalue weighted by Crippen LogP contribution is -3.13. The number of hydrogen-bond donors (Lipinski definition) is 1. The third kappa shape index (κ3) is 4.02. The van der Waals surface area contributed by atoms with Crippen LogP contribution in [0, 0.1) is 6.92 Å². The van der Waals surface area contributed by atoms with E-state index in [0.29, 0.717) is 17.9 Å². The highest BCUT2D eigenvalue weighted by molar-refractivity contribution is 5.90. The van der Waals surface area contributed by atoms with Gasteiger partial charge in [-0.15, -0.1) is 0 Å². The number of rotatable bonds is 6. The quantitative estimate of drug-likeness (QED) is 0.796. The van der Waals surface area contributed by atoms with E-state index in [1.807, 2.05) is 25.1 Å². The van der Waals surface area contributed by atoms with Crippen LogP contribution in [0.25, 0.3) is 0 Å². The van der Waals surface area contributed by atoms with Gasteiger partial charge in [-0.1, -0.05) is 12.1 Å². The van der Waals surface area contributed by atoms with E-state index in [4.69, 9.17) is 13.9 Å². The van der Waals surface area contributed by atoms with Crippen LogP contribution in [0.5, 0.6) is 5.75 Å². The van der Waals surface area contributed by atoms with Gasteiger partial charge < -0.3 is 23.7 Å².